The van der Waals surface area contributed by atoms with Gasteiger partial charge in [0.1, 0.15) is 0 Å². The van der Waals surface area contributed by atoms with E-state index in [1.165, 1.54) is 38.5 Å². The maximum Gasteiger partial charge on any atom is 0.0671 e. The van der Waals surface area contributed by atoms with Crippen molar-refractivity contribution in [1.82, 2.24) is 5.32 Å². The van der Waals surface area contributed by atoms with Gasteiger partial charge in [-0.2, -0.15) is 0 Å². The molecule has 1 heterocycles. The van der Waals surface area contributed by atoms with Gasteiger partial charge in [-0.05, 0) is 38.5 Å². The minimum absolute atomic E-state index is 0.346. The molecule has 0 aromatic carbocycles. The monoisotopic (exact) mass is 241 g/mol. The first-order valence-corrected chi connectivity index (χ1v) is 7.27. The van der Waals surface area contributed by atoms with E-state index in [0.29, 0.717) is 6.10 Å². The minimum atomic E-state index is 0.346. The van der Waals surface area contributed by atoms with E-state index < -0.39 is 0 Å². The Morgan fingerprint density at radius 2 is 1.88 bits per heavy atom. The molecule has 2 fully saturated rings. The molecule has 17 heavy (non-hydrogen) atoms. The predicted molar refractivity (Wildman–Crippen MR) is 69.2 cm³/mol. The highest BCUT2D eigenvalue weighted by Gasteiger charge is 2.17. The standard InChI is InChI=1S/C14H27NO2/c1-12(10-15-14-4-2-3-5-14)17-11-13-6-8-16-9-7-13/h12-15H,2-11H2,1H3. The number of nitrogens with one attached hydrogen (secondary N) is 1. The van der Waals surface area contributed by atoms with E-state index in [1.54, 1.807) is 0 Å². The summed E-state index contributed by atoms with van der Waals surface area (Å²) in [7, 11) is 0. The summed E-state index contributed by atoms with van der Waals surface area (Å²) in [5.74, 6) is 0.720. The molecule has 1 aliphatic heterocycles. The zero-order valence-corrected chi connectivity index (χ0v) is 11.1. The molecule has 0 aromatic rings. The molecule has 3 heteroatoms. The van der Waals surface area contributed by atoms with Gasteiger partial charge >= 0.3 is 0 Å². The van der Waals surface area contributed by atoms with Crippen LogP contribution >= 0.6 is 0 Å². The SMILES string of the molecule is CC(CNC1CCCC1)OCC1CCOCC1. The Kier molecular flexibility index (Phi) is 5.75. The highest BCUT2D eigenvalue weighted by Crippen LogP contribution is 2.18. The van der Waals surface area contributed by atoms with Crippen LogP contribution < -0.4 is 5.32 Å². The first kappa shape index (κ1) is 13.3. The Balaban J connectivity index is 1.52. The second kappa shape index (κ2) is 7.34. The average molecular weight is 241 g/mol. The lowest BCUT2D eigenvalue weighted by Gasteiger charge is -2.24. The second-order valence-corrected chi connectivity index (χ2v) is 5.59. The van der Waals surface area contributed by atoms with Gasteiger partial charge in [-0.3, -0.25) is 0 Å². The molecule has 1 saturated heterocycles. The van der Waals surface area contributed by atoms with Crippen LogP contribution in [0.1, 0.15) is 45.4 Å². The lowest BCUT2D eigenvalue weighted by molar-refractivity contribution is -0.00496. The third kappa shape index (κ3) is 4.94. The second-order valence-electron chi connectivity index (χ2n) is 5.59. The third-order valence-corrected chi connectivity index (χ3v) is 4.01. The molecular weight excluding hydrogens is 214 g/mol. The van der Waals surface area contributed by atoms with Crippen molar-refractivity contribution >= 4 is 0 Å². The zero-order chi connectivity index (χ0) is 11.9. The van der Waals surface area contributed by atoms with Gasteiger partial charge in [0, 0.05) is 32.4 Å². The van der Waals surface area contributed by atoms with Crippen molar-refractivity contribution in [2.75, 3.05) is 26.4 Å². The van der Waals surface area contributed by atoms with Crippen molar-refractivity contribution in [3.63, 3.8) is 0 Å². The van der Waals surface area contributed by atoms with Crippen molar-refractivity contribution < 1.29 is 9.47 Å². The van der Waals surface area contributed by atoms with E-state index in [-0.39, 0.29) is 0 Å². The topological polar surface area (TPSA) is 30.5 Å². The average Bonchev–Trinajstić information content (AvgIpc) is 2.88. The van der Waals surface area contributed by atoms with Crippen LogP contribution in [0.5, 0.6) is 0 Å². The molecule has 1 unspecified atom stereocenters. The van der Waals surface area contributed by atoms with Crippen LogP contribution in [0.25, 0.3) is 0 Å². The van der Waals surface area contributed by atoms with Gasteiger partial charge in [-0.1, -0.05) is 12.8 Å². The summed E-state index contributed by atoms with van der Waals surface area (Å²) >= 11 is 0. The van der Waals surface area contributed by atoms with E-state index in [2.05, 4.69) is 12.2 Å². The molecule has 2 aliphatic rings. The van der Waals surface area contributed by atoms with Crippen molar-refractivity contribution in [2.45, 2.75) is 57.6 Å². The molecule has 1 aliphatic carbocycles. The van der Waals surface area contributed by atoms with E-state index in [4.69, 9.17) is 9.47 Å². The summed E-state index contributed by atoms with van der Waals surface area (Å²) in [5, 5.41) is 3.62. The van der Waals surface area contributed by atoms with Gasteiger partial charge in [-0.25, -0.2) is 0 Å². The summed E-state index contributed by atoms with van der Waals surface area (Å²) in [6, 6.07) is 0.754. The van der Waals surface area contributed by atoms with Crippen LogP contribution in [0.2, 0.25) is 0 Å². The van der Waals surface area contributed by atoms with Crippen molar-refractivity contribution in [2.24, 2.45) is 5.92 Å². The Morgan fingerprint density at radius 3 is 2.59 bits per heavy atom. The Morgan fingerprint density at radius 1 is 1.18 bits per heavy atom. The van der Waals surface area contributed by atoms with Gasteiger partial charge in [0.15, 0.2) is 0 Å². The van der Waals surface area contributed by atoms with Crippen LogP contribution in [0.3, 0.4) is 0 Å². The largest absolute Gasteiger partial charge is 0.381 e. The fourth-order valence-corrected chi connectivity index (χ4v) is 2.73. The van der Waals surface area contributed by atoms with Gasteiger partial charge in [0.05, 0.1) is 6.10 Å². The summed E-state index contributed by atoms with van der Waals surface area (Å²) in [6.45, 7) is 5.94. The summed E-state index contributed by atoms with van der Waals surface area (Å²) in [4.78, 5) is 0. The molecule has 1 saturated carbocycles. The van der Waals surface area contributed by atoms with Crippen LogP contribution in [-0.4, -0.2) is 38.5 Å². The number of hydrogen-bond acceptors (Lipinski definition) is 3. The van der Waals surface area contributed by atoms with E-state index in [0.717, 1.165) is 38.3 Å². The molecule has 0 bridgehead atoms. The van der Waals surface area contributed by atoms with E-state index in [1.807, 2.05) is 0 Å². The lowest BCUT2D eigenvalue weighted by Crippen LogP contribution is -2.35. The Bertz CT molecular complexity index is 198. The quantitative estimate of drug-likeness (QED) is 0.774. The van der Waals surface area contributed by atoms with E-state index >= 15 is 0 Å². The normalized spacial score (nSPS) is 25.2. The number of ether oxygens (including phenoxy) is 2. The molecule has 1 atom stereocenters. The van der Waals surface area contributed by atoms with Gasteiger partial charge in [0.25, 0.3) is 0 Å². The van der Waals surface area contributed by atoms with E-state index in [9.17, 15) is 0 Å². The third-order valence-electron chi connectivity index (χ3n) is 4.01. The lowest BCUT2D eigenvalue weighted by atomic mass is 10.0. The molecule has 0 amide bonds. The summed E-state index contributed by atoms with van der Waals surface area (Å²) in [6.07, 6.45) is 8.19. The van der Waals surface area contributed by atoms with Gasteiger partial charge < -0.3 is 14.8 Å². The van der Waals surface area contributed by atoms with Gasteiger partial charge in [-0.15, -0.1) is 0 Å². The molecule has 0 aromatic heterocycles. The maximum absolute atomic E-state index is 5.92. The first-order chi connectivity index (χ1) is 8.34. The molecule has 0 radical (unpaired) electrons. The Hall–Kier alpha value is -0.120. The van der Waals surface area contributed by atoms with Gasteiger partial charge in [0.2, 0.25) is 0 Å². The highest BCUT2D eigenvalue weighted by atomic mass is 16.5. The smallest absolute Gasteiger partial charge is 0.0671 e. The predicted octanol–water partition coefficient (Wildman–Crippen LogP) is 2.35. The maximum atomic E-state index is 5.92. The van der Waals surface area contributed by atoms with Crippen LogP contribution in [0.15, 0.2) is 0 Å². The summed E-state index contributed by atoms with van der Waals surface area (Å²) in [5.41, 5.74) is 0. The molecule has 100 valence electrons. The van der Waals surface area contributed by atoms with Crippen molar-refractivity contribution in [3.8, 4) is 0 Å². The molecular formula is C14H27NO2. The molecule has 0 spiro atoms. The van der Waals surface area contributed by atoms with Crippen LogP contribution in [0.4, 0.5) is 0 Å². The fraction of sp³-hybridized carbons (Fsp3) is 1.00. The zero-order valence-electron chi connectivity index (χ0n) is 11.1. The van der Waals surface area contributed by atoms with Crippen LogP contribution in [0, 0.1) is 5.92 Å². The molecule has 1 N–H and O–H groups in total. The molecule has 3 nitrogen and oxygen atoms in total. The fourth-order valence-electron chi connectivity index (χ4n) is 2.73. The summed E-state index contributed by atoms with van der Waals surface area (Å²) < 4.78 is 11.3. The van der Waals surface area contributed by atoms with Crippen molar-refractivity contribution in [3.05, 3.63) is 0 Å². The highest BCUT2D eigenvalue weighted by molar-refractivity contribution is 4.74. The number of rotatable bonds is 6. The van der Waals surface area contributed by atoms with Crippen LogP contribution in [-0.2, 0) is 9.47 Å². The van der Waals surface area contributed by atoms with Crippen molar-refractivity contribution in [1.29, 1.82) is 0 Å². The first-order valence-electron chi connectivity index (χ1n) is 7.27. The number of hydrogen-bond donors (Lipinski definition) is 1. The minimum Gasteiger partial charge on any atom is -0.381 e. The molecule has 2 rings (SSSR count). The Labute approximate surface area is 105 Å².